The van der Waals surface area contributed by atoms with Crippen LogP contribution in [0.3, 0.4) is 0 Å². The van der Waals surface area contributed by atoms with Crippen LogP contribution in [-0.2, 0) is 6.42 Å². The van der Waals surface area contributed by atoms with Crippen molar-refractivity contribution in [2.45, 2.75) is 33.1 Å². The van der Waals surface area contributed by atoms with Crippen molar-refractivity contribution < 1.29 is 9.13 Å². The molecule has 84 valence electrons. The fourth-order valence-corrected chi connectivity index (χ4v) is 2.01. The molecule has 1 nitrogen and oxygen atoms in total. The van der Waals surface area contributed by atoms with Gasteiger partial charge in [-0.15, -0.1) is 24.0 Å². The van der Waals surface area contributed by atoms with Crippen LogP contribution in [0.15, 0.2) is 6.07 Å². The standard InChI is InChI=1S/C12H15FO.HI/c1-7(2)10-6-8(3)11(13)12-9(10)4-5-14-12;/h6-7H,4-5H2,1-3H3;1H. The first kappa shape index (κ1) is 12.7. The molecule has 1 aliphatic rings. The lowest BCUT2D eigenvalue weighted by Gasteiger charge is -2.13. The van der Waals surface area contributed by atoms with E-state index in [0.717, 1.165) is 12.0 Å². The molecular formula is C12H16FIO. The van der Waals surface area contributed by atoms with Crippen LogP contribution in [-0.4, -0.2) is 6.61 Å². The lowest BCUT2D eigenvalue weighted by molar-refractivity contribution is 0.338. The van der Waals surface area contributed by atoms with Gasteiger partial charge < -0.3 is 4.74 Å². The Labute approximate surface area is 107 Å². The van der Waals surface area contributed by atoms with Gasteiger partial charge in [0, 0.05) is 12.0 Å². The van der Waals surface area contributed by atoms with E-state index >= 15 is 0 Å². The van der Waals surface area contributed by atoms with Gasteiger partial charge >= 0.3 is 0 Å². The smallest absolute Gasteiger partial charge is 0.168 e. The highest BCUT2D eigenvalue weighted by Gasteiger charge is 2.23. The zero-order chi connectivity index (χ0) is 10.3. The number of hydrogen-bond acceptors (Lipinski definition) is 1. The molecule has 1 heterocycles. The first-order valence-corrected chi connectivity index (χ1v) is 5.06. The maximum Gasteiger partial charge on any atom is 0.168 e. The third kappa shape index (κ3) is 2.12. The van der Waals surface area contributed by atoms with Gasteiger partial charge in [-0.1, -0.05) is 19.9 Å². The topological polar surface area (TPSA) is 9.23 Å². The molecule has 1 aliphatic heterocycles. The number of halogens is 2. The number of hydrogen-bond donors (Lipinski definition) is 0. The summed E-state index contributed by atoms with van der Waals surface area (Å²) in [7, 11) is 0. The summed E-state index contributed by atoms with van der Waals surface area (Å²) in [5.74, 6) is 0.750. The van der Waals surface area contributed by atoms with E-state index in [1.54, 1.807) is 6.92 Å². The van der Waals surface area contributed by atoms with Gasteiger partial charge in [0.1, 0.15) is 0 Å². The fraction of sp³-hybridized carbons (Fsp3) is 0.500. The molecule has 1 aromatic rings. The van der Waals surface area contributed by atoms with Gasteiger partial charge in [-0.05, 0) is 24.0 Å². The second-order valence-corrected chi connectivity index (χ2v) is 4.16. The van der Waals surface area contributed by atoms with Crippen molar-refractivity contribution in [3.8, 4) is 5.75 Å². The van der Waals surface area contributed by atoms with E-state index in [1.807, 2.05) is 6.07 Å². The molecule has 0 saturated heterocycles. The normalized spacial score (nSPS) is 13.4. The zero-order valence-electron chi connectivity index (χ0n) is 9.26. The van der Waals surface area contributed by atoms with Crippen LogP contribution in [0.25, 0.3) is 0 Å². The molecule has 0 spiro atoms. The molecule has 0 unspecified atom stereocenters. The van der Waals surface area contributed by atoms with Gasteiger partial charge in [0.05, 0.1) is 6.61 Å². The maximum absolute atomic E-state index is 13.6. The van der Waals surface area contributed by atoms with Crippen LogP contribution in [0.1, 0.15) is 36.5 Å². The Morgan fingerprint density at radius 3 is 2.67 bits per heavy atom. The molecule has 3 heteroatoms. The van der Waals surface area contributed by atoms with E-state index in [0.29, 0.717) is 23.8 Å². The molecule has 0 aromatic heterocycles. The molecule has 0 amide bonds. The SMILES string of the molecule is Cc1cc(C(C)C)c2c(c1F)OCC2.I. The van der Waals surface area contributed by atoms with Crippen molar-refractivity contribution in [2.24, 2.45) is 0 Å². The lowest BCUT2D eigenvalue weighted by atomic mass is 9.93. The molecule has 2 rings (SSSR count). The summed E-state index contributed by atoms with van der Waals surface area (Å²) in [5, 5.41) is 0. The third-order valence-corrected chi connectivity index (χ3v) is 2.76. The van der Waals surface area contributed by atoms with Crippen molar-refractivity contribution in [2.75, 3.05) is 6.61 Å². The second kappa shape index (κ2) is 4.68. The summed E-state index contributed by atoms with van der Waals surface area (Å²) < 4.78 is 18.9. The molecule has 0 fully saturated rings. The van der Waals surface area contributed by atoms with Gasteiger partial charge in [0.15, 0.2) is 11.6 Å². The van der Waals surface area contributed by atoms with Gasteiger partial charge in [-0.2, -0.15) is 0 Å². The van der Waals surface area contributed by atoms with Gasteiger partial charge in [-0.3, -0.25) is 0 Å². The van der Waals surface area contributed by atoms with Crippen LogP contribution in [0, 0.1) is 12.7 Å². The summed E-state index contributed by atoms with van der Waals surface area (Å²) in [4.78, 5) is 0. The van der Waals surface area contributed by atoms with Gasteiger partial charge in [-0.25, -0.2) is 4.39 Å². The Morgan fingerprint density at radius 2 is 2.07 bits per heavy atom. The largest absolute Gasteiger partial charge is 0.490 e. The Kier molecular flexibility index (Phi) is 3.98. The number of ether oxygens (including phenoxy) is 1. The summed E-state index contributed by atoms with van der Waals surface area (Å²) in [6.45, 7) is 6.68. The molecule has 0 bridgehead atoms. The van der Waals surface area contributed by atoms with Crippen LogP contribution in [0.5, 0.6) is 5.75 Å². The number of aryl methyl sites for hydroxylation is 1. The first-order chi connectivity index (χ1) is 6.61. The highest BCUT2D eigenvalue weighted by molar-refractivity contribution is 14.0. The molecular weight excluding hydrogens is 306 g/mol. The van der Waals surface area contributed by atoms with Crippen molar-refractivity contribution in [1.82, 2.24) is 0 Å². The van der Waals surface area contributed by atoms with E-state index in [9.17, 15) is 4.39 Å². The molecule has 15 heavy (non-hydrogen) atoms. The first-order valence-electron chi connectivity index (χ1n) is 5.06. The molecule has 0 radical (unpaired) electrons. The average molecular weight is 322 g/mol. The van der Waals surface area contributed by atoms with Crippen molar-refractivity contribution in [3.63, 3.8) is 0 Å². The molecule has 0 saturated carbocycles. The predicted molar refractivity (Wildman–Crippen MR) is 69.8 cm³/mol. The van der Waals surface area contributed by atoms with Crippen molar-refractivity contribution in [3.05, 3.63) is 28.6 Å². The van der Waals surface area contributed by atoms with Crippen molar-refractivity contribution >= 4 is 24.0 Å². The quantitative estimate of drug-likeness (QED) is 0.715. The van der Waals surface area contributed by atoms with E-state index in [4.69, 9.17) is 4.74 Å². The highest BCUT2D eigenvalue weighted by Crippen LogP contribution is 2.36. The summed E-state index contributed by atoms with van der Waals surface area (Å²) in [5.41, 5.74) is 2.99. The monoisotopic (exact) mass is 322 g/mol. The zero-order valence-corrected chi connectivity index (χ0v) is 11.6. The summed E-state index contributed by atoms with van der Waals surface area (Å²) in [6.07, 6.45) is 0.847. The molecule has 0 atom stereocenters. The van der Waals surface area contributed by atoms with E-state index < -0.39 is 0 Å². The highest BCUT2D eigenvalue weighted by atomic mass is 127. The number of fused-ring (bicyclic) bond motifs is 1. The van der Waals surface area contributed by atoms with Gasteiger partial charge in [0.2, 0.25) is 0 Å². The minimum Gasteiger partial charge on any atom is -0.490 e. The van der Waals surface area contributed by atoms with E-state index in [-0.39, 0.29) is 29.8 Å². The lowest BCUT2D eigenvalue weighted by Crippen LogP contribution is -1.97. The predicted octanol–water partition coefficient (Wildman–Crippen LogP) is 3.81. The molecule has 0 aliphatic carbocycles. The minimum absolute atomic E-state index is 0. The van der Waals surface area contributed by atoms with Gasteiger partial charge in [0.25, 0.3) is 0 Å². The van der Waals surface area contributed by atoms with Crippen LogP contribution >= 0.6 is 24.0 Å². The third-order valence-electron chi connectivity index (χ3n) is 2.76. The Balaban J connectivity index is 0.00000112. The number of rotatable bonds is 1. The second-order valence-electron chi connectivity index (χ2n) is 4.16. The molecule has 0 N–H and O–H groups in total. The van der Waals surface area contributed by atoms with E-state index in [1.165, 1.54) is 5.56 Å². The minimum atomic E-state index is -0.179. The van der Waals surface area contributed by atoms with E-state index in [2.05, 4.69) is 13.8 Å². The fourth-order valence-electron chi connectivity index (χ4n) is 2.01. The Morgan fingerprint density at radius 1 is 1.40 bits per heavy atom. The Hall–Kier alpha value is -0.320. The summed E-state index contributed by atoms with van der Waals surface area (Å²) in [6, 6.07) is 1.95. The van der Waals surface area contributed by atoms with Crippen molar-refractivity contribution in [1.29, 1.82) is 0 Å². The average Bonchev–Trinajstić information content (AvgIpc) is 2.59. The molecule has 1 aromatic carbocycles. The Bertz CT molecular complexity index is 374. The summed E-state index contributed by atoms with van der Waals surface area (Å²) >= 11 is 0. The van der Waals surface area contributed by atoms with Crippen LogP contribution < -0.4 is 4.74 Å². The van der Waals surface area contributed by atoms with Crippen LogP contribution in [0.4, 0.5) is 4.39 Å². The maximum atomic E-state index is 13.6. The number of benzene rings is 1. The van der Waals surface area contributed by atoms with Crippen LogP contribution in [0.2, 0.25) is 0 Å².